The van der Waals surface area contributed by atoms with Crippen molar-refractivity contribution >= 4 is 23.1 Å². The van der Waals surface area contributed by atoms with Crippen LogP contribution in [0.2, 0.25) is 0 Å². The fourth-order valence-electron chi connectivity index (χ4n) is 2.23. The van der Waals surface area contributed by atoms with Gasteiger partial charge in [-0.2, -0.15) is 0 Å². The summed E-state index contributed by atoms with van der Waals surface area (Å²) < 4.78 is 5.09. The molecule has 2 atom stereocenters. The summed E-state index contributed by atoms with van der Waals surface area (Å²) in [6.07, 6.45) is 3.08. The molecule has 1 fully saturated rings. The molecule has 1 saturated carbocycles. The highest BCUT2D eigenvalue weighted by Crippen LogP contribution is 2.35. The molecule has 1 rings (SSSR count). The van der Waals surface area contributed by atoms with Crippen molar-refractivity contribution in [1.82, 2.24) is 4.90 Å². The van der Waals surface area contributed by atoms with Gasteiger partial charge in [0, 0.05) is 19.7 Å². The summed E-state index contributed by atoms with van der Waals surface area (Å²) >= 11 is 4.99. The van der Waals surface area contributed by atoms with E-state index in [1.165, 1.54) is 12.8 Å². The molecular weight excluding hydrogens is 248 g/mol. The SMILES string of the molecule is CCC(C(=O)N(CCOC)C(C)C1CC1)C(N)=S. The van der Waals surface area contributed by atoms with E-state index in [0.717, 1.165) is 0 Å². The van der Waals surface area contributed by atoms with E-state index in [4.69, 9.17) is 22.7 Å². The van der Waals surface area contributed by atoms with Crippen LogP contribution in [-0.2, 0) is 9.53 Å². The Morgan fingerprint density at radius 2 is 2.17 bits per heavy atom. The van der Waals surface area contributed by atoms with E-state index in [2.05, 4.69) is 6.92 Å². The number of nitrogens with zero attached hydrogens (tertiary/aromatic N) is 1. The summed E-state index contributed by atoms with van der Waals surface area (Å²) in [6, 6.07) is 0.260. The van der Waals surface area contributed by atoms with E-state index in [1.54, 1.807) is 7.11 Å². The van der Waals surface area contributed by atoms with Gasteiger partial charge in [-0.05, 0) is 32.1 Å². The molecule has 0 saturated heterocycles. The minimum atomic E-state index is -0.335. The number of amides is 1. The topological polar surface area (TPSA) is 55.6 Å². The van der Waals surface area contributed by atoms with E-state index >= 15 is 0 Å². The van der Waals surface area contributed by atoms with Crippen LogP contribution in [0.25, 0.3) is 0 Å². The van der Waals surface area contributed by atoms with Crippen LogP contribution in [0.4, 0.5) is 0 Å². The first kappa shape index (κ1) is 15.4. The van der Waals surface area contributed by atoms with Gasteiger partial charge in [0.15, 0.2) is 0 Å². The Bertz CT molecular complexity index is 305. The van der Waals surface area contributed by atoms with Crippen molar-refractivity contribution in [3.63, 3.8) is 0 Å². The Morgan fingerprint density at radius 3 is 2.56 bits per heavy atom. The zero-order valence-electron chi connectivity index (χ0n) is 11.5. The lowest BCUT2D eigenvalue weighted by atomic mass is 10.0. The van der Waals surface area contributed by atoms with Crippen LogP contribution in [0, 0.1) is 11.8 Å². The van der Waals surface area contributed by atoms with Gasteiger partial charge in [-0.3, -0.25) is 4.79 Å². The monoisotopic (exact) mass is 272 g/mol. The highest BCUT2D eigenvalue weighted by atomic mass is 32.1. The maximum Gasteiger partial charge on any atom is 0.232 e. The zero-order valence-corrected chi connectivity index (χ0v) is 12.3. The van der Waals surface area contributed by atoms with Crippen molar-refractivity contribution in [3.05, 3.63) is 0 Å². The zero-order chi connectivity index (χ0) is 13.7. The van der Waals surface area contributed by atoms with Gasteiger partial charge in [-0.1, -0.05) is 19.1 Å². The minimum absolute atomic E-state index is 0.0569. The number of hydrogen-bond acceptors (Lipinski definition) is 3. The second-order valence-electron chi connectivity index (χ2n) is 4.97. The van der Waals surface area contributed by atoms with Gasteiger partial charge in [0.25, 0.3) is 0 Å². The lowest BCUT2D eigenvalue weighted by Gasteiger charge is -2.32. The number of carbonyl (C=O) groups is 1. The summed E-state index contributed by atoms with van der Waals surface area (Å²) in [4.78, 5) is 14.7. The van der Waals surface area contributed by atoms with Crippen molar-refractivity contribution in [2.45, 2.75) is 39.2 Å². The largest absolute Gasteiger partial charge is 0.393 e. The number of carbonyl (C=O) groups excluding carboxylic acids is 1. The molecule has 0 spiro atoms. The van der Waals surface area contributed by atoms with E-state index in [1.807, 2.05) is 11.8 Å². The standard InChI is InChI=1S/C13H24N2O2S/c1-4-11(12(14)18)13(16)15(7-8-17-3)9(2)10-5-6-10/h9-11H,4-8H2,1-3H3,(H2,14,18). The lowest BCUT2D eigenvalue weighted by molar-refractivity contribution is -0.136. The molecule has 18 heavy (non-hydrogen) atoms. The summed E-state index contributed by atoms with van der Waals surface area (Å²) in [5, 5.41) is 0. The Morgan fingerprint density at radius 1 is 1.56 bits per heavy atom. The average molecular weight is 272 g/mol. The predicted octanol–water partition coefficient (Wildman–Crippen LogP) is 1.57. The highest BCUT2D eigenvalue weighted by Gasteiger charge is 2.36. The van der Waals surface area contributed by atoms with Crippen LogP contribution >= 0.6 is 12.2 Å². The summed E-state index contributed by atoms with van der Waals surface area (Å²) in [5.74, 6) is 0.356. The van der Waals surface area contributed by atoms with Crippen LogP contribution in [0.1, 0.15) is 33.1 Å². The third kappa shape index (κ3) is 3.92. The average Bonchev–Trinajstić information content (AvgIpc) is 3.13. The third-order valence-corrected chi connectivity index (χ3v) is 3.95. The lowest BCUT2D eigenvalue weighted by Crippen LogP contribution is -2.47. The molecule has 0 bridgehead atoms. The van der Waals surface area contributed by atoms with Crippen molar-refractivity contribution in [2.24, 2.45) is 17.6 Å². The highest BCUT2D eigenvalue weighted by molar-refractivity contribution is 7.80. The van der Waals surface area contributed by atoms with E-state index in [-0.39, 0.29) is 17.9 Å². The van der Waals surface area contributed by atoms with Crippen molar-refractivity contribution in [3.8, 4) is 0 Å². The molecule has 0 heterocycles. The van der Waals surface area contributed by atoms with Crippen LogP contribution in [0.5, 0.6) is 0 Å². The number of methoxy groups -OCH3 is 1. The fourth-order valence-corrected chi connectivity index (χ4v) is 2.50. The molecule has 0 aromatic heterocycles. The normalized spacial score (nSPS) is 18.2. The van der Waals surface area contributed by atoms with Gasteiger partial charge >= 0.3 is 0 Å². The van der Waals surface area contributed by atoms with Gasteiger partial charge in [0.2, 0.25) is 5.91 Å². The van der Waals surface area contributed by atoms with E-state index in [9.17, 15) is 4.79 Å². The maximum atomic E-state index is 12.5. The number of nitrogens with two attached hydrogens (primary N) is 1. The quantitative estimate of drug-likeness (QED) is 0.682. The number of hydrogen-bond donors (Lipinski definition) is 1. The van der Waals surface area contributed by atoms with Gasteiger partial charge in [0.05, 0.1) is 17.5 Å². The molecule has 2 unspecified atom stereocenters. The van der Waals surface area contributed by atoms with Gasteiger partial charge in [-0.15, -0.1) is 0 Å². The molecule has 0 aliphatic heterocycles. The summed E-state index contributed by atoms with van der Waals surface area (Å²) in [7, 11) is 1.65. The van der Waals surface area contributed by atoms with Crippen LogP contribution in [0.3, 0.4) is 0 Å². The molecular formula is C13H24N2O2S. The number of rotatable bonds is 8. The molecule has 1 aliphatic carbocycles. The molecule has 104 valence electrons. The molecule has 0 radical (unpaired) electrons. The number of ether oxygens (including phenoxy) is 1. The van der Waals surface area contributed by atoms with Crippen molar-refractivity contribution in [1.29, 1.82) is 0 Å². The Balaban J connectivity index is 2.73. The minimum Gasteiger partial charge on any atom is -0.393 e. The van der Waals surface area contributed by atoms with E-state index in [0.29, 0.717) is 30.5 Å². The third-order valence-electron chi connectivity index (χ3n) is 3.67. The van der Waals surface area contributed by atoms with Crippen LogP contribution < -0.4 is 5.73 Å². The van der Waals surface area contributed by atoms with Gasteiger partial charge in [-0.25, -0.2) is 0 Å². The second-order valence-corrected chi connectivity index (χ2v) is 5.44. The first-order valence-electron chi connectivity index (χ1n) is 6.61. The van der Waals surface area contributed by atoms with Gasteiger partial charge < -0.3 is 15.4 Å². The van der Waals surface area contributed by atoms with Crippen molar-refractivity contribution < 1.29 is 9.53 Å². The Kier molecular flexibility index (Phi) is 6.02. The van der Waals surface area contributed by atoms with Crippen LogP contribution in [-0.4, -0.2) is 42.1 Å². The first-order chi connectivity index (χ1) is 8.52. The molecule has 1 aliphatic rings. The molecule has 4 nitrogen and oxygen atoms in total. The predicted molar refractivity (Wildman–Crippen MR) is 76.3 cm³/mol. The fraction of sp³-hybridized carbons (Fsp3) is 0.846. The Hall–Kier alpha value is -0.680. The summed E-state index contributed by atoms with van der Waals surface area (Å²) in [5.41, 5.74) is 5.66. The molecule has 1 amide bonds. The summed E-state index contributed by atoms with van der Waals surface area (Å²) in [6.45, 7) is 5.22. The molecule has 5 heteroatoms. The number of thiocarbonyl (C=S) groups is 1. The molecule has 0 aromatic carbocycles. The van der Waals surface area contributed by atoms with Crippen molar-refractivity contribution in [2.75, 3.05) is 20.3 Å². The molecule has 0 aromatic rings. The Labute approximate surface area is 115 Å². The van der Waals surface area contributed by atoms with E-state index < -0.39 is 0 Å². The van der Waals surface area contributed by atoms with Gasteiger partial charge in [0.1, 0.15) is 0 Å². The first-order valence-corrected chi connectivity index (χ1v) is 7.02. The van der Waals surface area contributed by atoms with Crippen LogP contribution in [0.15, 0.2) is 0 Å². The molecule has 2 N–H and O–H groups in total. The maximum absolute atomic E-state index is 12.5. The second kappa shape index (κ2) is 7.04. The smallest absolute Gasteiger partial charge is 0.232 e.